The molecule has 2 aliphatic heterocycles. The molecule has 0 bridgehead atoms. The molecule has 0 saturated carbocycles. The molecule has 2 heterocycles. The van der Waals surface area contributed by atoms with Crippen molar-refractivity contribution in [3.63, 3.8) is 0 Å². The molecule has 2 fully saturated rings. The predicted octanol–water partition coefficient (Wildman–Crippen LogP) is 0.820. The van der Waals surface area contributed by atoms with Gasteiger partial charge in [0.25, 0.3) is 11.8 Å². The van der Waals surface area contributed by atoms with Gasteiger partial charge in [0.2, 0.25) is 0 Å². The summed E-state index contributed by atoms with van der Waals surface area (Å²) >= 11 is 1.42. The molecule has 0 spiro atoms. The highest BCUT2D eigenvalue weighted by atomic mass is 32.2. The third-order valence-electron chi connectivity index (χ3n) is 4.20. The minimum atomic E-state index is -0.687. The maximum absolute atomic E-state index is 12.3. The van der Waals surface area contributed by atoms with Crippen LogP contribution in [0.3, 0.4) is 0 Å². The number of hydrogen-bond acceptors (Lipinski definition) is 5. The third-order valence-corrected chi connectivity index (χ3v) is 5.70. The second-order valence-corrected chi connectivity index (χ2v) is 8.10. The number of rotatable bonds is 4. The Hall–Kier alpha value is -1.99. The summed E-state index contributed by atoms with van der Waals surface area (Å²) in [4.78, 5) is 41.8. The summed E-state index contributed by atoms with van der Waals surface area (Å²) in [5, 5.41) is 8.74. The second kappa shape index (κ2) is 6.14. The Kier molecular flexibility index (Phi) is 4.31. The number of aliphatic hydroxyl groups excluding tert-OH is 1. The van der Waals surface area contributed by atoms with Crippen LogP contribution < -0.4 is 0 Å². The zero-order valence-electron chi connectivity index (χ0n) is 13.4. The molecule has 3 rings (SSSR count). The van der Waals surface area contributed by atoms with E-state index in [-0.39, 0.29) is 18.0 Å². The summed E-state index contributed by atoms with van der Waals surface area (Å²) < 4.78 is -0.528. The molecule has 2 amide bonds. The van der Waals surface area contributed by atoms with Gasteiger partial charge in [0.05, 0.1) is 6.42 Å². The van der Waals surface area contributed by atoms with Crippen molar-refractivity contribution in [2.24, 2.45) is 4.99 Å². The van der Waals surface area contributed by atoms with E-state index in [1.807, 2.05) is 44.2 Å². The monoisotopic (exact) mass is 346 g/mol. The summed E-state index contributed by atoms with van der Waals surface area (Å²) in [5.41, 5.74) is 1.03. The van der Waals surface area contributed by atoms with E-state index in [0.717, 1.165) is 5.56 Å². The Morgan fingerprint density at radius 2 is 1.96 bits per heavy atom. The minimum Gasteiger partial charge on any atom is -0.388 e. The molecule has 0 aromatic heterocycles. The maximum Gasteiger partial charge on any atom is 0.273 e. The van der Waals surface area contributed by atoms with Crippen molar-refractivity contribution < 1.29 is 19.5 Å². The Labute approximate surface area is 143 Å². The van der Waals surface area contributed by atoms with Crippen LogP contribution in [0.1, 0.15) is 19.4 Å². The molecular formula is C17H18N2O4S. The van der Waals surface area contributed by atoms with Crippen LogP contribution in [0.5, 0.6) is 0 Å². The average Bonchev–Trinajstić information content (AvgIpc) is 2.81. The number of thioether (sulfide) groups is 1. The SMILES string of the molecule is CC1(C)SC2/C(=N/C(=O)Cc3ccccc3)C(=O)N2C1C(=O)CO. The normalized spacial score (nSPS) is 26.2. The molecule has 2 saturated heterocycles. The van der Waals surface area contributed by atoms with E-state index in [0.29, 0.717) is 0 Å². The molecule has 0 radical (unpaired) electrons. The second-order valence-electron chi connectivity index (χ2n) is 6.37. The van der Waals surface area contributed by atoms with Gasteiger partial charge in [-0.25, -0.2) is 4.99 Å². The van der Waals surface area contributed by atoms with E-state index in [2.05, 4.69) is 4.99 Å². The number of β-lactam (4-membered cyclic amide) rings is 1. The highest BCUT2D eigenvalue weighted by Crippen LogP contribution is 2.49. The first-order valence-electron chi connectivity index (χ1n) is 7.64. The lowest BCUT2D eigenvalue weighted by atomic mass is 9.94. The summed E-state index contributed by atoms with van der Waals surface area (Å²) in [7, 11) is 0. The Morgan fingerprint density at radius 1 is 1.29 bits per heavy atom. The molecule has 6 nitrogen and oxygen atoms in total. The van der Waals surface area contributed by atoms with Crippen LogP contribution in [0, 0.1) is 0 Å². The number of amides is 2. The van der Waals surface area contributed by atoms with E-state index < -0.39 is 34.5 Å². The number of ketones is 1. The van der Waals surface area contributed by atoms with Gasteiger partial charge in [-0.15, -0.1) is 11.8 Å². The fraction of sp³-hybridized carbons (Fsp3) is 0.412. The molecule has 126 valence electrons. The summed E-state index contributed by atoms with van der Waals surface area (Å²) in [6.45, 7) is 3.10. The van der Waals surface area contributed by atoms with Gasteiger partial charge in [0.1, 0.15) is 23.7 Å². The number of Topliss-reactive ketones (excluding diaryl/α,β-unsaturated/α-hetero) is 1. The van der Waals surface area contributed by atoms with Crippen LogP contribution in [-0.2, 0) is 20.8 Å². The molecule has 1 N–H and O–H groups in total. The standard InChI is InChI=1S/C17H18N2O4S/c1-17(2)14(11(21)9-20)19-15(23)13(16(19)24-17)18-12(22)8-10-6-4-3-5-7-10/h3-7,14,16,20H,8-9H2,1-2H3/b18-13+. The maximum atomic E-state index is 12.3. The number of aliphatic imine (C=N–C) groups is 1. The van der Waals surface area contributed by atoms with Crippen molar-refractivity contribution in [3.05, 3.63) is 35.9 Å². The largest absolute Gasteiger partial charge is 0.388 e. The molecule has 24 heavy (non-hydrogen) atoms. The van der Waals surface area contributed by atoms with E-state index in [1.54, 1.807) is 0 Å². The lowest BCUT2D eigenvalue weighted by Gasteiger charge is -2.38. The van der Waals surface area contributed by atoms with Gasteiger partial charge in [0.15, 0.2) is 5.78 Å². The topological polar surface area (TPSA) is 87.0 Å². The molecule has 2 aliphatic rings. The quantitative estimate of drug-likeness (QED) is 0.816. The fourth-order valence-electron chi connectivity index (χ4n) is 3.14. The van der Waals surface area contributed by atoms with Crippen LogP contribution in [0.25, 0.3) is 0 Å². The van der Waals surface area contributed by atoms with Crippen LogP contribution in [0.4, 0.5) is 0 Å². The van der Waals surface area contributed by atoms with Gasteiger partial charge in [-0.1, -0.05) is 30.3 Å². The van der Waals surface area contributed by atoms with Gasteiger partial charge in [-0.2, -0.15) is 0 Å². The molecule has 2 atom stereocenters. The first-order valence-corrected chi connectivity index (χ1v) is 8.52. The van der Waals surface area contributed by atoms with Crippen LogP contribution in [-0.4, -0.2) is 56.1 Å². The third kappa shape index (κ3) is 2.78. The predicted molar refractivity (Wildman–Crippen MR) is 90.8 cm³/mol. The van der Waals surface area contributed by atoms with Gasteiger partial charge >= 0.3 is 0 Å². The summed E-state index contributed by atoms with van der Waals surface area (Å²) in [6.07, 6.45) is 0.136. The molecular weight excluding hydrogens is 328 g/mol. The van der Waals surface area contributed by atoms with Crippen LogP contribution >= 0.6 is 11.8 Å². The smallest absolute Gasteiger partial charge is 0.273 e. The Balaban J connectivity index is 1.77. The molecule has 1 aromatic carbocycles. The zero-order valence-corrected chi connectivity index (χ0v) is 14.2. The molecule has 7 heteroatoms. The van der Waals surface area contributed by atoms with E-state index >= 15 is 0 Å². The lowest BCUT2D eigenvalue weighted by Crippen LogP contribution is -2.63. The lowest BCUT2D eigenvalue weighted by molar-refractivity contribution is -0.139. The highest BCUT2D eigenvalue weighted by molar-refractivity contribution is 8.02. The first kappa shape index (κ1) is 16.9. The molecule has 1 aromatic rings. The van der Waals surface area contributed by atoms with Gasteiger partial charge in [-0.3, -0.25) is 14.4 Å². The summed E-state index contributed by atoms with van der Waals surface area (Å²) in [5.74, 6) is -1.16. The van der Waals surface area contributed by atoms with Crippen LogP contribution in [0.15, 0.2) is 35.3 Å². The number of carbonyl (C=O) groups excluding carboxylic acids is 3. The first-order chi connectivity index (χ1) is 11.3. The van der Waals surface area contributed by atoms with Crippen molar-refractivity contribution in [2.75, 3.05) is 6.61 Å². The average molecular weight is 346 g/mol. The minimum absolute atomic E-state index is 0.136. The van der Waals surface area contributed by atoms with E-state index in [9.17, 15) is 14.4 Å². The number of fused-ring (bicyclic) bond motifs is 1. The molecule has 2 unspecified atom stereocenters. The number of nitrogens with zero attached hydrogens (tertiary/aromatic N) is 2. The van der Waals surface area contributed by atoms with E-state index in [1.165, 1.54) is 16.7 Å². The van der Waals surface area contributed by atoms with Crippen molar-refractivity contribution in [1.82, 2.24) is 4.90 Å². The van der Waals surface area contributed by atoms with Crippen molar-refractivity contribution in [3.8, 4) is 0 Å². The van der Waals surface area contributed by atoms with Gasteiger partial charge in [-0.05, 0) is 19.4 Å². The molecule has 0 aliphatic carbocycles. The number of carbonyl (C=O) groups is 3. The highest BCUT2D eigenvalue weighted by Gasteiger charge is 2.61. The van der Waals surface area contributed by atoms with Crippen molar-refractivity contribution in [2.45, 2.75) is 36.4 Å². The number of aliphatic hydroxyl groups is 1. The van der Waals surface area contributed by atoms with Crippen LogP contribution in [0.2, 0.25) is 0 Å². The van der Waals surface area contributed by atoms with Crippen molar-refractivity contribution >= 4 is 35.1 Å². The Morgan fingerprint density at radius 3 is 2.58 bits per heavy atom. The van der Waals surface area contributed by atoms with Gasteiger partial charge in [0, 0.05) is 4.75 Å². The van der Waals surface area contributed by atoms with Crippen molar-refractivity contribution in [1.29, 1.82) is 0 Å². The summed E-state index contributed by atoms with van der Waals surface area (Å²) in [6, 6.07) is 8.52. The van der Waals surface area contributed by atoms with E-state index in [4.69, 9.17) is 5.11 Å². The zero-order chi connectivity index (χ0) is 17.5. The van der Waals surface area contributed by atoms with Gasteiger partial charge < -0.3 is 10.0 Å². The Bertz CT molecular complexity index is 729. The fourth-order valence-corrected chi connectivity index (χ4v) is 4.68. The number of hydrogen-bond donors (Lipinski definition) is 1. The number of benzene rings is 1.